The van der Waals surface area contributed by atoms with Crippen LogP contribution >= 0.6 is 11.8 Å². The molecule has 1 amide bonds. The highest BCUT2D eigenvalue weighted by atomic mass is 32.2. The molecule has 0 radical (unpaired) electrons. The molecule has 1 N–H and O–H groups in total. The van der Waals surface area contributed by atoms with Crippen LogP contribution in [0.3, 0.4) is 0 Å². The number of amides is 1. The number of hydrogen-bond acceptors (Lipinski definition) is 6. The number of methoxy groups -OCH3 is 1. The van der Waals surface area contributed by atoms with E-state index in [0.717, 1.165) is 51.5 Å². The first-order valence-corrected chi connectivity index (χ1v) is 11.3. The summed E-state index contributed by atoms with van der Waals surface area (Å²) in [5.41, 5.74) is 3.57. The van der Waals surface area contributed by atoms with Crippen molar-refractivity contribution in [3.8, 4) is 5.75 Å². The molecule has 1 aliphatic heterocycles. The number of fused-ring (bicyclic) bond motifs is 3. The van der Waals surface area contributed by atoms with E-state index in [1.807, 2.05) is 23.1 Å². The molecule has 0 aliphatic carbocycles. The van der Waals surface area contributed by atoms with Gasteiger partial charge in [0, 0.05) is 42.8 Å². The SMILES string of the molecule is COc1ccc2[nH]c3c(SCC(=O)N4CCN(c5ccc(F)cc5)CC4)ncnc3c2c1. The maximum atomic E-state index is 13.1. The van der Waals surface area contributed by atoms with Crippen molar-refractivity contribution in [1.29, 1.82) is 0 Å². The van der Waals surface area contributed by atoms with Gasteiger partial charge in [-0.25, -0.2) is 14.4 Å². The van der Waals surface area contributed by atoms with Crippen LogP contribution in [0.15, 0.2) is 53.8 Å². The highest BCUT2D eigenvalue weighted by Crippen LogP contribution is 2.31. The van der Waals surface area contributed by atoms with Gasteiger partial charge in [-0.15, -0.1) is 0 Å². The summed E-state index contributed by atoms with van der Waals surface area (Å²) < 4.78 is 18.5. The van der Waals surface area contributed by atoms with Crippen LogP contribution < -0.4 is 9.64 Å². The number of thioether (sulfide) groups is 1. The molecule has 3 heterocycles. The van der Waals surface area contributed by atoms with Crippen LogP contribution in [0.5, 0.6) is 5.75 Å². The molecule has 0 saturated carbocycles. The maximum absolute atomic E-state index is 13.1. The average Bonchev–Trinajstić information content (AvgIpc) is 3.21. The molecular weight excluding hydrogens is 429 g/mol. The van der Waals surface area contributed by atoms with E-state index in [2.05, 4.69) is 19.9 Å². The van der Waals surface area contributed by atoms with E-state index in [1.165, 1.54) is 30.2 Å². The van der Waals surface area contributed by atoms with E-state index in [-0.39, 0.29) is 11.7 Å². The normalized spacial score (nSPS) is 14.3. The minimum atomic E-state index is -0.243. The highest BCUT2D eigenvalue weighted by Gasteiger charge is 2.22. The molecule has 0 bridgehead atoms. The van der Waals surface area contributed by atoms with E-state index in [0.29, 0.717) is 18.8 Å². The van der Waals surface area contributed by atoms with Gasteiger partial charge in [0.25, 0.3) is 0 Å². The third-order valence-corrected chi connectivity index (χ3v) is 6.68. The van der Waals surface area contributed by atoms with Gasteiger partial charge in [-0.1, -0.05) is 11.8 Å². The molecule has 1 saturated heterocycles. The predicted octanol–water partition coefficient (Wildman–Crippen LogP) is 3.70. The van der Waals surface area contributed by atoms with E-state index in [9.17, 15) is 9.18 Å². The molecule has 2 aromatic heterocycles. The fourth-order valence-corrected chi connectivity index (χ4v) is 4.83. The van der Waals surface area contributed by atoms with E-state index < -0.39 is 0 Å². The molecule has 0 atom stereocenters. The molecule has 32 heavy (non-hydrogen) atoms. The smallest absolute Gasteiger partial charge is 0.233 e. The zero-order valence-corrected chi connectivity index (χ0v) is 18.4. The Bertz CT molecular complexity index is 1270. The van der Waals surface area contributed by atoms with Crippen molar-refractivity contribution in [1.82, 2.24) is 19.9 Å². The van der Waals surface area contributed by atoms with Crippen molar-refractivity contribution in [2.45, 2.75) is 5.03 Å². The number of H-pyrrole nitrogens is 1. The predicted molar refractivity (Wildman–Crippen MR) is 124 cm³/mol. The number of piperazine rings is 1. The van der Waals surface area contributed by atoms with Crippen LogP contribution in [-0.4, -0.2) is 64.8 Å². The number of anilines is 1. The summed E-state index contributed by atoms with van der Waals surface area (Å²) >= 11 is 1.42. The number of aromatic nitrogens is 3. The lowest BCUT2D eigenvalue weighted by atomic mass is 10.2. The van der Waals surface area contributed by atoms with E-state index in [4.69, 9.17) is 4.74 Å². The first-order chi connectivity index (χ1) is 15.6. The van der Waals surface area contributed by atoms with Crippen molar-refractivity contribution in [3.05, 3.63) is 54.6 Å². The largest absolute Gasteiger partial charge is 0.497 e. The minimum Gasteiger partial charge on any atom is -0.497 e. The van der Waals surface area contributed by atoms with Gasteiger partial charge in [0.15, 0.2) is 0 Å². The number of halogens is 1. The second kappa shape index (κ2) is 8.66. The van der Waals surface area contributed by atoms with Crippen LogP contribution in [0, 0.1) is 5.82 Å². The van der Waals surface area contributed by atoms with Gasteiger partial charge in [0.1, 0.15) is 28.4 Å². The standard InChI is InChI=1S/C23H22FN5O2S/c1-31-17-6-7-19-18(12-17)21-22(27-19)23(26-14-25-21)32-13-20(30)29-10-8-28(9-11-29)16-4-2-15(24)3-5-16/h2-7,12,14,27H,8-11,13H2,1H3. The molecule has 5 rings (SSSR count). The topological polar surface area (TPSA) is 74.4 Å². The Morgan fingerprint density at radius 3 is 2.66 bits per heavy atom. The Balaban J connectivity index is 1.25. The average molecular weight is 452 g/mol. The van der Waals surface area contributed by atoms with Gasteiger partial charge in [-0.3, -0.25) is 4.79 Å². The zero-order chi connectivity index (χ0) is 22.1. The fraction of sp³-hybridized carbons (Fsp3) is 0.261. The Morgan fingerprint density at radius 2 is 1.91 bits per heavy atom. The summed E-state index contributed by atoms with van der Waals surface area (Å²) in [4.78, 5) is 29.1. The van der Waals surface area contributed by atoms with Gasteiger partial charge in [0.05, 0.1) is 18.4 Å². The molecule has 7 nitrogen and oxygen atoms in total. The van der Waals surface area contributed by atoms with Crippen molar-refractivity contribution in [2.75, 3.05) is 43.9 Å². The Labute approximate surface area is 188 Å². The summed E-state index contributed by atoms with van der Waals surface area (Å²) in [6.07, 6.45) is 1.53. The van der Waals surface area contributed by atoms with Gasteiger partial charge < -0.3 is 19.5 Å². The molecule has 1 aliphatic rings. The number of nitrogens with zero attached hydrogens (tertiary/aromatic N) is 4. The number of carbonyl (C=O) groups excluding carboxylic acids is 1. The molecule has 2 aromatic carbocycles. The Kier molecular flexibility index (Phi) is 5.57. The second-order valence-electron chi connectivity index (χ2n) is 7.57. The van der Waals surface area contributed by atoms with Crippen LogP contribution in [-0.2, 0) is 4.79 Å². The van der Waals surface area contributed by atoms with Crippen molar-refractivity contribution in [3.63, 3.8) is 0 Å². The van der Waals surface area contributed by atoms with Crippen molar-refractivity contribution < 1.29 is 13.9 Å². The van der Waals surface area contributed by atoms with E-state index >= 15 is 0 Å². The zero-order valence-electron chi connectivity index (χ0n) is 17.5. The number of aromatic amines is 1. The third kappa shape index (κ3) is 3.95. The van der Waals surface area contributed by atoms with Crippen molar-refractivity contribution >= 4 is 45.3 Å². The lowest BCUT2D eigenvalue weighted by molar-refractivity contribution is -0.128. The minimum absolute atomic E-state index is 0.0818. The first kappa shape index (κ1) is 20.6. The summed E-state index contributed by atoms with van der Waals surface area (Å²) in [5.74, 6) is 0.911. The molecule has 0 spiro atoms. The monoisotopic (exact) mass is 451 g/mol. The lowest BCUT2D eigenvalue weighted by Gasteiger charge is -2.36. The third-order valence-electron chi connectivity index (χ3n) is 5.71. The molecule has 4 aromatic rings. The first-order valence-electron chi connectivity index (χ1n) is 10.3. The van der Waals surface area contributed by atoms with Crippen molar-refractivity contribution in [2.24, 2.45) is 0 Å². The van der Waals surface area contributed by atoms with Gasteiger partial charge in [-0.2, -0.15) is 0 Å². The molecular formula is C23H22FN5O2S. The number of rotatable bonds is 5. The van der Waals surface area contributed by atoms with E-state index in [1.54, 1.807) is 19.2 Å². The molecule has 1 fully saturated rings. The Hall–Kier alpha value is -3.33. The van der Waals surface area contributed by atoms with Crippen LogP contribution in [0.4, 0.5) is 10.1 Å². The van der Waals surface area contributed by atoms with Crippen LogP contribution in [0.2, 0.25) is 0 Å². The number of ether oxygens (including phenoxy) is 1. The summed E-state index contributed by atoms with van der Waals surface area (Å²) in [6, 6.07) is 12.3. The molecule has 9 heteroatoms. The summed E-state index contributed by atoms with van der Waals surface area (Å²) in [6.45, 7) is 2.73. The van der Waals surface area contributed by atoms with Gasteiger partial charge in [-0.05, 0) is 42.5 Å². The summed E-state index contributed by atoms with van der Waals surface area (Å²) in [7, 11) is 1.64. The molecule has 0 unspecified atom stereocenters. The second-order valence-corrected chi connectivity index (χ2v) is 8.54. The van der Waals surface area contributed by atoms with Gasteiger partial charge in [0.2, 0.25) is 5.91 Å². The maximum Gasteiger partial charge on any atom is 0.233 e. The lowest BCUT2D eigenvalue weighted by Crippen LogP contribution is -2.49. The highest BCUT2D eigenvalue weighted by molar-refractivity contribution is 8.00. The quantitative estimate of drug-likeness (QED) is 0.368. The van der Waals surface area contributed by atoms with Crippen LogP contribution in [0.25, 0.3) is 21.9 Å². The summed E-state index contributed by atoms with van der Waals surface area (Å²) in [5, 5.41) is 1.72. The fourth-order valence-electron chi connectivity index (χ4n) is 3.97. The Morgan fingerprint density at radius 1 is 1.12 bits per heavy atom. The number of benzene rings is 2. The number of nitrogens with one attached hydrogen (secondary N) is 1. The van der Waals surface area contributed by atoms with Crippen LogP contribution in [0.1, 0.15) is 0 Å². The number of carbonyl (C=O) groups is 1. The molecule has 164 valence electrons. The van der Waals surface area contributed by atoms with Gasteiger partial charge >= 0.3 is 0 Å². The number of hydrogen-bond donors (Lipinski definition) is 1.